The predicted molar refractivity (Wildman–Crippen MR) is 108 cm³/mol. The molecule has 0 bridgehead atoms. The maximum absolute atomic E-state index is 13.0. The Hall–Kier alpha value is -2.89. The van der Waals surface area contributed by atoms with Gasteiger partial charge in [-0.15, -0.1) is 0 Å². The van der Waals surface area contributed by atoms with Gasteiger partial charge >= 0.3 is 0 Å². The number of pyridine rings is 1. The summed E-state index contributed by atoms with van der Waals surface area (Å²) in [5, 5.41) is 2.89. The second-order valence-corrected chi connectivity index (χ2v) is 7.12. The van der Waals surface area contributed by atoms with Crippen molar-refractivity contribution in [3.8, 4) is 5.75 Å². The average molecular weight is 381 g/mol. The molecule has 148 valence electrons. The molecule has 2 atom stereocenters. The molecular formula is C22H27N3O3. The molecule has 0 unspecified atom stereocenters. The minimum Gasteiger partial charge on any atom is -0.497 e. The Labute approximate surface area is 165 Å². The van der Waals surface area contributed by atoms with Gasteiger partial charge in [0.2, 0.25) is 11.8 Å². The first-order valence-corrected chi connectivity index (χ1v) is 9.71. The van der Waals surface area contributed by atoms with E-state index < -0.39 is 5.92 Å². The Bertz CT molecular complexity index is 835. The Morgan fingerprint density at radius 2 is 2.00 bits per heavy atom. The number of unbranched alkanes of at least 4 members (excludes halogenated alkanes) is 1. The molecule has 2 aromatic rings. The van der Waals surface area contributed by atoms with Crippen molar-refractivity contribution < 1.29 is 14.3 Å². The lowest BCUT2D eigenvalue weighted by molar-refractivity contribution is -0.129. The van der Waals surface area contributed by atoms with Gasteiger partial charge in [0.15, 0.2) is 0 Å². The van der Waals surface area contributed by atoms with Crippen molar-refractivity contribution in [1.82, 2.24) is 9.88 Å². The van der Waals surface area contributed by atoms with Gasteiger partial charge in [-0.3, -0.25) is 9.59 Å². The van der Waals surface area contributed by atoms with Crippen molar-refractivity contribution in [1.29, 1.82) is 0 Å². The van der Waals surface area contributed by atoms with Gasteiger partial charge in [0.25, 0.3) is 0 Å². The number of carbonyl (C=O) groups excluding carboxylic acids is 2. The van der Waals surface area contributed by atoms with Crippen LogP contribution in [0.5, 0.6) is 5.75 Å². The lowest BCUT2D eigenvalue weighted by Gasteiger charge is -2.28. The second kappa shape index (κ2) is 8.87. The first-order valence-electron chi connectivity index (χ1n) is 9.71. The molecule has 6 nitrogen and oxygen atoms in total. The number of hydrogen-bond donors (Lipinski definition) is 1. The highest BCUT2D eigenvalue weighted by Crippen LogP contribution is 2.39. The normalized spacial score (nSPS) is 19.0. The Kier molecular flexibility index (Phi) is 6.29. The summed E-state index contributed by atoms with van der Waals surface area (Å²) in [7, 11) is 1.62. The van der Waals surface area contributed by atoms with E-state index in [0.717, 1.165) is 29.8 Å². The zero-order chi connectivity index (χ0) is 20.1. The summed E-state index contributed by atoms with van der Waals surface area (Å²) in [5.41, 5.74) is 1.77. The molecular weight excluding hydrogens is 354 g/mol. The first kappa shape index (κ1) is 19.9. The van der Waals surface area contributed by atoms with E-state index in [2.05, 4.69) is 17.2 Å². The molecule has 2 amide bonds. The van der Waals surface area contributed by atoms with E-state index in [-0.39, 0.29) is 24.3 Å². The van der Waals surface area contributed by atoms with Crippen LogP contribution in [0.4, 0.5) is 5.82 Å². The van der Waals surface area contributed by atoms with Crippen LogP contribution >= 0.6 is 0 Å². The fraction of sp³-hybridized carbons (Fsp3) is 0.409. The summed E-state index contributed by atoms with van der Waals surface area (Å²) < 4.78 is 5.24. The Balaban J connectivity index is 1.87. The van der Waals surface area contributed by atoms with Crippen LogP contribution in [0.2, 0.25) is 0 Å². The highest BCUT2D eigenvalue weighted by Gasteiger charge is 2.44. The van der Waals surface area contributed by atoms with E-state index in [1.807, 2.05) is 48.2 Å². The number of likely N-dealkylation sites (tertiary alicyclic amines) is 1. The molecule has 1 aliphatic heterocycles. The molecule has 1 N–H and O–H groups in total. The fourth-order valence-electron chi connectivity index (χ4n) is 3.66. The molecule has 0 radical (unpaired) electrons. The third-order valence-electron chi connectivity index (χ3n) is 5.12. The number of benzene rings is 1. The first-order chi connectivity index (χ1) is 13.5. The number of aromatic nitrogens is 1. The summed E-state index contributed by atoms with van der Waals surface area (Å²) in [6.45, 7) is 4.62. The van der Waals surface area contributed by atoms with Gasteiger partial charge in [0.1, 0.15) is 11.6 Å². The quantitative estimate of drug-likeness (QED) is 0.793. The topological polar surface area (TPSA) is 71.5 Å². The van der Waals surface area contributed by atoms with Crippen LogP contribution in [0, 0.1) is 12.8 Å². The summed E-state index contributed by atoms with van der Waals surface area (Å²) in [6, 6.07) is 12.8. The van der Waals surface area contributed by atoms with Crippen molar-refractivity contribution in [2.45, 2.75) is 39.2 Å². The number of nitrogens with zero attached hydrogens (tertiary/aromatic N) is 2. The van der Waals surface area contributed by atoms with Gasteiger partial charge < -0.3 is 15.0 Å². The number of aryl methyl sites for hydroxylation is 1. The standard InChI is InChI=1S/C22H27N3O3/c1-4-5-13-25-20(26)14-18(21(25)16-9-11-17(28-3)12-10-16)22(27)24-19-8-6-7-15(2)23-19/h6-12,18,21H,4-5,13-14H2,1-3H3,(H,23,24,27)/t18-,21+/m0/s1. The van der Waals surface area contributed by atoms with Gasteiger partial charge in [-0.25, -0.2) is 4.98 Å². The molecule has 1 aromatic carbocycles. The molecule has 28 heavy (non-hydrogen) atoms. The average Bonchev–Trinajstić information content (AvgIpc) is 3.03. The lowest BCUT2D eigenvalue weighted by atomic mass is 9.92. The monoisotopic (exact) mass is 381 g/mol. The molecule has 0 saturated carbocycles. The number of anilines is 1. The van der Waals surface area contributed by atoms with Crippen LogP contribution in [0.25, 0.3) is 0 Å². The van der Waals surface area contributed by atoms with Crippen molar-refractivity contribution in [2.75, 3.05) is 19.0 Å². The molecule has 0 spiro atoms. The summed E-state index contributed by atoms with van der Waals surface area (Å²) in [4.78, 5) is 31.9. The van der Waals surface area contributed by atoms with Crippen molar-refractivity contribution in [3.05, 3.63) is 53.7 Å². The molecule has 0 aliphatic carbocycles. The van der Waals surface area contributed by atoms with Gasteiger partial charge in [-0.2, -0.15) is 0 Å². The van der Waals surface area contributed by atoms with E-state index in [9.17, 15) is 9.59 Å². The third kappa shape index (κ3) is 4.32. The van der Waals surface area contributed by atoms with Crippen LogP contribution in [-0.4, -0.2) is 35.4 Å². The van der Waals surface area contributed by atoms with Crippen LogP contribution in [0.1, 0.15) is 43.5 Å². The number of carbonyl (C=O) groups is 2. The molecule has 6 heteroatoms. The highest BCUT2D eigenvalue weighted by molar-refractivity contribution is 5.97. The smallest absolute Gasteiger partial charge is 0.231 e. The maximum atomic E-state index is 13.0. The van der Waals surface area contributed by atoms with Crippen LogP contribution < -0.4 is 10.1 Å². The molecule has 1 aromatic heterocycles. The van der Waals surface area contributed by atoms with Gasteiger partial charge in [-0.1, -0.05) is 31.5 Å². The van der Waals surface area contributed by atoms with Gasteiger partial charge in [-0.05, 0) is 43.2 Å². The largest absolute Gasteiger partial charge is 0.497 e. The number of methoxy groups -OCH3 is 1. The number of hydrogen-bond acceptors (Lipinski definition) is 4. The summed E-state index contributed by atoms with van der Waals surface area (Å²) in [5.74, 6) is 0.647. The van der Waals surface area contributed by atoms with Gasteiger partial charge in [0.05, 0.1) is 19.1 Å². The van der Waals surface area contributed by atoms with Crippen LogP contribution in [0.3, 0.4) is 0 Å². The summed E-state index contributed by atoms with van der Waals surface area (Å²) >= 11 is 0. The second-order valence-electron chi connectivity index (χ2n) is 7.12. The maximum Gasteiger partial charge on any atom is 0.231 e. The Morgan fingerprint density at radius 1 is 1.25 bits per heavy atom. The fourth-order valence-corrected chi connectivity index (χ4v) is 3.66. The summed E-state index contributed by atoms with van der Waals surface area (Å²) in [6.07, 6.45) is 2.10. The van der Waals surface area contributed by atoms with E-state index in [1.165, 1.54) is 0 Å². The molecule has 3 rings (SSSR count). The lowest BCUT2D eigenvalue weighted by Crippen LogP contribution is -2.33. The van der Waals surface area contributed by atoms with E-state index in [1.54, 1.807) is 13.2 Å². The SMILES string of the molecule is CCCCN1C(=O)C[C@H](C(=O)Nc2cccc(C)n2)[C@H]1c1ccc(OC)cc1. The number of rotatable bonds is 7. The van der Waals surface area contributed by atoms with E-state index in [0.29, 0.717) is 12.4 Å². The number of ether oxygens (including phenoxy) is 1. The van der Waals surface area contributed by atoms with Gasteiger partial charge in [0, 0.05) is 18.7 Å². The van der Waals surface area contributed by atoms with Crippen LogP contribution in [0.15, 0.2) is 42.5 Å². The molecule has 1 saturated heterocycles. The molecule has 2 heterocycles. The molecule has 1 aliphatic rings. The van der Waals surface area contributed by atoms with Crippen molar-refractivity contribution in [3.63, 3.8) is 0 Å². The van der Waals surface area contributed by atoms with E-state index in [4.69, 9.17) is 4.74 Å². The minimum atomic E-state index is -0.458. The van der Waals surface area contributed by atoms with Crippen molar-refractivity contribution in [2.24, 2.45) is 5.92 Å². The number of nitrogens with one attached hydrogen (secondary N) is 1. The minimum absolute atomic E-state index is 0.0200. The Morgan fingerprint density at radius 3 is 2.64 bits per heavy atom. The zero-order valence-electron chi connectivity index (χ0n) is 16.6. The number of amides is 2. The highest BCUT2D eigenvalue weighted by atomic mass is 16.5. The van der Waals surface area contributed by atoms with Crippen LogP contribution in [-0.2, 0) is 9.59 Å². The zero-order valence-corrected chi connectivity index (χ0v) is 16.6. The van der Waals surface area contributed by atoms with Crippen molar-refractivity contribution >= 4 is 17.6 Å². The third-order valence-corrected chi connectivity index (χ3v) is 5.12. The molecule has 1 fully saturated rings. The predicted octanol–water partition coefficient (Wildman–Crippen LogP) is 3.73. The van der Waals surface area contributed by atoms with E-state index >= 15 is 0 Å².